The van der Waals surface area contributed by atoms with Crippen LogP contribution in [0.3, 0.4) is 0 Å². The van der Waals surface area contributed by atoms with E-state index < -0.39 is 18.6 Å². The van der Waals surface area contributed by atoms with Gasteiger partial charge in [0, 0.05) is 35.1 Å². The van der Waals surface area contributed by atoms with Crippen molar-refractivity contribution in [2.45, 2.75) is 26.0 Å². The molecule has 0 spiro atoms. The quantitative estimate of drug-likeness (QED) is 0.656. The van der Waals surface area contributed by atoms with Crippen LogP contribution < -0.4 is 0 Å². The molecule has 3 aromatic rings. The van der Waals surface area contributed by atoms with E-state index in [2.05, 4.69) is 4.98 Å². The molecule has 0 radical (unpaired) electrons. The number of alkyl halides is 1. The largest absolute Gasteiger partial charge is 0.373 e. The molecule has 0 unspecified atom stereocenters. The fourth-order valence-corrected chi connectivity index (χ4v) is 3.57. The van der Waals surface area contributed by atoms with E-state index in [9.17, 15) is 8.78 Å². The maximum Gasteiger partial charge on any atom is 0.141 e. The predicted octanol–water partition coefficient (Wildman–Crippen LogP) is 4.62. The Labute approximate surface area is 160 Å². The highest BCUT2D eigenvalue weighted by atomic mass is 35.5. The highest BCUT2D eigenvalue weighted by Crippen LogP contribution is 2.33. The van der Waals surface area contributed by atoms with E-state index >= 15 is 0 Å². The van der Waals surface area contributed by atoms with Gasteiger partial charge in [0.1, 0.15) is 24.4 Å². The number of hydrogen-bond acceptors (Lipinski definition) is 3. The third-order valence-electron chi connectivity index (χ3n) is 4.67. The van der Waals surface area contributed by atoms with Gasteiger partial charge in [-0.15, -0.1) is 0 Å². The number of hydrogen-bond donors (Lipinski definition) is 0. The molecule has 4 rings (SSSR count). The van der Waals surface area contributed by atoms with Crippen molar-refractivity contribution < 1.29 is 13.5 Å². The summed E-state index contributed by atoms with van der Waals surface area (Å²) in [5.41, 5.74) is 4.27. The average molecular weight is 390 g/mol. The van der Waals surface area contributed by atoms with Crippen LogP contribution in [-0.2, 0) is 17.7 Å². The van der Waals surface area contributed by atoms with Crippen molar-refractivity contribution >= 4 is 11.6 Å². The summed E-state index contributed by atoms with van der Waals surface area (Å²) in [6.45, 7) is 2.10. The van der Waals surface area contributed by atoms with Crippen LogP contribution in [0.15, 0.2) is 36.5 Å². The standard InChI is InChI=1S/C20H18ClF2N3O/c1-12-8-13(4-6-24-12)19-18-5-7-27-15(10-22)11-26(18)20(25-19)14-2-3-17(23)16(21)9-14/h2-4,6,8-9,15H,5,7,10-11H2,1H3/t15-/m1/s1. The van der Waals surface area contributed by atoms with Gasteiger partial charge in [-0.2, -0.15) is 0 Å². The van der Waals surface area contributed by atoms with Crippen molar-refractivity contribution in [3.8, 4) is 22.6 Å². The van der Waals surface area contributed by atoms with Gasteiger partial charge >= 0.3 is 0 Å². The molecule has 0 fully saturated rings. The first-order valence-electron chi connectivity index (χ1n) is 8.72. The van der Waals surface area contributed by atoms with Crippen molar-refractivity contribution in [3.63, 3.8) is 0 Å². The molecule has 3 heterocycles. The fraction of sp³-hybridized carbons (Fsp3) is 0.300. The summed E-state index contributed by atoms with van der Waals surface area (Å²) in [5, 5.41) is 0.0260. The summed E-state index contributed by atoms with van der Waals surface area (Å²) in [7, 11) is 0. The van der Waals surface area contributed by atoms with Crippen LogP contribution in [0.5, 0.6) is 0 Å². The maximum absolute atomic E-state index is 13.6. The molecule has 0 amide bonds. The SMILES string of the molecule is Cc1cc(-c2nc(-c3ccc(F)c(Cl)c3)n3c2CCO[C@H](CF)C3)ccn1. The van der Waals surface area contributed by atoms with Gasteiger partial charge in [-0.1, -0.05) is 11.6 Å². The number of benzene rings is 1. The Hall–Kier alpha value is -2.31. The third kappa shape index (κ3) is 3.47. The number of aryl methyl sites for hydroxylation is 1. The van der Waals surface area contributed by atoms with Crippen LogP contribution in [0, 0.1) is 12.7 Å². The van der Waals surface area contributed by atoms with Crippen molar-refractivity contribution in [3.05, 3.63) is 58.8 Å². The predicted molar refractivity (Wildman–Crippen MR) is 100 cm³/mol. The molecular weight excluding hydrogens is 372 g/mol. The Morgan fingerprint density at radius 2 is 2.11 bits per heavy atom. The summed E-state index contributed by atoms with van der Waals surface area (Å²) < 4.78 is 34.5. The van der Waals surface area contributed by atoms with Crippen LogP contribution >= 0.6 is 11.6 Å². The van der Waals surface area contributed by atoms with Gasteiger partial charge in [0.2, 0.25) is 0 Å². The van der Waals surface area contributed by atoms with Crippen molar-refractivity contribution in [2.24, 2.45) is 0 Å². The van der Waals surface area contributed by atoms with E-state index in [1.165, 1.54) is 6.07 Å². The van der Waals surface area contributed by atoms with Gasteiger partial charge in [0.05, 0.1) is 23.9 Å². The molecule has 4 nitrogen and oxygen atoms in total. The van der Waals surface area contributed by atoms with Crippen molar-refractivity contribution in [1.82, 2.24) is 14.5 Å². The lowest BCUT2D eigenvalue weighted by atomic mass is 10.1. The molecule has 1 aliphatic heterocycles. The van der Waals surface area contributed by atoms with Gasteiger partial charge in [-0.25, -0.2) is 13.8 Å². The Morgan fingerprint density at radius 3 is 2.85 bits per heavy atom. The molecule has 1 atom stereocenters. The van der Waals surface area contributed by atoms with Crippen LogP contribution in [-0.4, -0.2) is 33.9 Å². The topological polar surface area (TPSA) is 39.9 Å². The van der Waals surface area contributed by atoms with E-state index in [1.807, 2.05) is 23.6 Å². The molecule has 0 aliphatic carbocycles. The lowest BCUT2D eigenvalue weighted by Gasteiger charge is -2.14. The Bertz CT molecular complexity index is 989. The summed E-state index contributed by atoms with van der Waals surface area (Å²) in [4.78, 5) is 9.07. The van der Waals surface area contributed by atoms with E-state index in [0.717, 1.165) is 22.6 Å². The number of pyridine rings is 1. The van der Waals surface area contributed by atoms with E-state index in [0.29, 0.717) is 31.0 Å². The van der Waals surface area contributed by atoms with Crippen LogP contribution in [0.2, 0.25) is 5.02 Å². The van der Waals surface area contributed by atoms with E-state index in [4.69, 9.17) is 21.3 Å². The van der Waals surface area contributed by atoms with Gasteiger partial charge in [0.25, 0.3) is 0 Å². The number of imidazole rings is 1. The summed E-state index contributed by atoms with van der Waals surface area (Å²) in [6, 6.07) is 8.35. The molecule has 0 bridgehead atoms. The molecule has 0 saturated carbocycles. The molecule has 0 saturated heterocycles. The number of nitrogens with zero attached hydrogens (tertiary/aromatic N) is 3. The summed E-state index contributed by atoms with van der Waals surface area (Å²) in [6.07, 6.45) is 1.81. The van der Waals surface area contributed by atoms with Gasteiger partial charge in [-0.05, 0) is 37.3 Å². The lowest BCUT2D eigenvalue weighted by Crippen LogP contribution is -2.21. The van der Waals surface area contributed by atoms with Gasteiger partial charge < -0.3 is 9.30 Å². The van der Waals surface area contributed by atoms with Crippen LogP contribution in [0.1, 0.15) is 11.4 Å². The molecule has 27 heavy (non-hydrogen) atoms. The Balaban J connectivity index is 1.91. The average Bonchev–Trinajstić information content (AvgIpc) is 2.87. The minimum atomic E-state index is -0.578. The Morgan fingerprint density at radius 1 is 1.26 bits per heavy atom. The van der Waals surface area contributed by atoms with E-state index in [1.54, 1.807) is 18.3 Å². The number of halogens is 3. The zero-order valence-corrected chi connectivity index (χ0v) is 15.5. The second kappa shape index (κ2) is 7.37. The molecule has 7 heteroatoms. The first-order chi connectivity index (χ1) is 13.1. The first kappa shape index (κ1) is 18.1. The van der Waals surface area contributed by atoms with Gasteiger partial charge in [-0.3, -0.25) is 4.98 Å². The summed E-state index contributed by atoms with van der Waals surface area (Å²) >= 11 is 5.97. The second-order valence-corrected chi connectivity index (χ2v) is 6.96. The zero-order chi connectivity index (χ0) is 19.0. The Kier molecular flexibility index (Phi) is 4.93. The highest BCUT2D eigenvalue weighted by molar-refractivity contribution is 6.31. The number of aromatic nitrogens is 3. The zero-order valence-electron chi connectivity index (χ0n) is 14.8. The third-order valence-corrected chi connectivity index (χ3v) is 4.96. The maximum atomic E-state index is 13.6. The monoisotopic (exact) mass is 389 g/mol. The molecule has 0 N–H and O–H groups in total. The first-order valence-corrected chi connectivity index (χ1v) is 9.10. The molecule has 1 aliphatic rings. The van der Waals surface area contributed by atoms with Gasteiger partial charge in [0.15, 0.2) is 0 Å². The summed E-state index contributed by atoms with van der Waals surface area (Å²) in [5.74, 6) is 0.137. The number of ether oxygens (including phenoxy) is 1. The lowest BCUT2D eigenvalue weighted by molar-refractivity contribution is 0.0355. The smallest absolute Gasteiger partial charge is 0.141 e. The molecule has 1 aromatic carbocycles. The molecule has 2 aromatic heterocycles. The normalized spacial score (nSPS) is 16.8. The number of fused-ring (bicyclic) bond motifs is 1. The molecule has 140 valence electrons. The van der Waals surface area contributed by atoms with Crippen LogP contribution in [0.4, 0.5) is 8.78 Å². The van der Waals surface area contributed by atoms with Crippen molar-refractivity contribution in [1.29, 1.82) is 0 Å². The molecular formula is C20H18ClF2N3O. The number of rotatable bonds is 3. The minimum absolute atomic E-state index is 0.0260. The van der Waals surface area contributed by atoms with E-state index in [-0.39, 0.29) is 5.02 Å². The highest BCUT2D eigenvalue weighted by Gasteiger charge is 2.25. The van der Waals surface area contributed by atoms with Crippen molar-refractivity contribution in [2.75, 3.05) is 13.3 Å². The fourth-order valence-electron chi connectivity index (χ4n) is 3.39. The van der Waals surface area contributed by atoms with Crippen LogP contribution in [0.25, 0.3) is 22.6 Å². The second-order valence-electron chi connectivity index (χ2n) is 6.55. The minimum Gasteiger partial charge on any atom is -0.373 e.